The molecule has 1 aliphatic rings. The maximum atomic E-state index is 12.7. The second-order valence-electron chi connectivity index (χ2n) is 6.79. The van der Waals surface area contributed by atoms with E-state index in [0.717, 1.165) is 12.8 Å². The molecule has 1 atom stereocenters. The molecule has 0 saturated heterocycles. The molecule has 0 radical (unpaired) electrons. The average molecular weight is 330 g/mol. The van der Waals surface area contributed by atoms with Crippen LogP contribution in [0.3, 0.4) is 0 Å². The van der Waals surface area contributed by atoms with E-state index < -0.39 is 5.60 Å². The first-order chi connectivity index (χ1) is 11.4. The van der Waals surface area contributed by atoms with Crippen molar-refractivity contribution in [1.29, 1.82) is 5.26 Å². The summed E-state index contributed by atoms with van der Waals surface area (Å²) in [5.74, 6) is 1.09. The molecular formula is C19H26N2O3. The van der Waals surface area contributed by atoms with E-state index in [4.69, 9.17) is 9.47 Å². The van der Waals surface area contributed by atoms with Crippen LogP contribution in [-0.2, 0) is 9.53 Å². The first-order valence-electron chi connectivity index (χ1n) is 8.53. The van der Waals surface area contributed by atoms with Gasteiger partial charge in [-0.3, -0.25) is 4.79 Å². The minimum Gasteiger partial charge on any atom is -0.493 e. The Bertz CT molecular complexity index is 632. The van der Waals surface area contributed by atoms with Crippen LogP contribution in [0.2, 0.25) is 0 Å². The Morgan fingerprint density at radius 2 is 2.17 bits per heavy atom. The van der Waals surface area contributed by atoms with Gasteiger partial charge >= 0.3 is 0 Å². The molecule has 1 N–H and O–H groups in total. The topological polar surface area (TPSA) is 71.3 Å². The lowest BCUT2D eigenvalue weighted by atomic mass is 9.98. The molecule has 0 heterocycles. The lowest BCUT2D eigenvalue weighted by molar-refractivity contribution is -0.141. The third-order valence-electron chi connectivity index (χ3n) is 4.19. The number of nitrogens with one attached hydrogen (secondary N) is 1. The zero-order valence-corrected chi connectivity index (χ0v) is 14.9. The summed E-state index contributed by atoms with van der Waals surface area (Å²) in [6, 6.07) is 7.27. The van der Waals surface area contributed by atoms with Gasteiger partial charge in [-0.2, -0.15) is 5.26 Å². The quantitative estimate of drug-likeness (QED) is 0.788. The molecule has 2 rings (SSSR count). The van der Waals surface area contributed by atoms with E-state index in [1.165, 1.54) is 0 Å². The number of benzene rings is 1. The van der Waals surface area contributed by atoms with Crippen LogP contribution in [0.1, 0.15) is 46.1 Å². The number of anilines is 1. The third kappa shape index (κ3) is 4.27. The lowest BCUT2D eigenvalue weighted by Gasteiger charge is -2.28. The molecule has 24 heavy (non-hydrogen) atoms. The maximum absolute atomic E-state index is 12.7. The second-order valence-corrected chi connectivity index (χ2v) is 6.79. The Hall–Kier alpha value is -2.06. The third-order valence-corrected chi connectivity index (χ3v) is 4.19. The summed E-state index contributed by atoms with van der Waals surface area (Å²) < 4.78 is 11.4. The van der Waals surface area contributed by atoms with Gasteiger partial charge in [0.15, 0.2) is 0 Å². The molecular weight excluding hydrogens is 304 g/mol. The van der Waals surface area contributed by atoms with E-state index in [2.05, 4.69) is 25.2 Å². The van der Waals surface area contributed by atoms with E-state index in [-0.39, 0.29) is 11.8 Å². The number of rotatable bonds is 8. The number of hydrogen-bond acceptors (Lipinski definition) is 4. The van der Waals surface area contributed by atoms with Crippen LogP contribution < -0.4 is 10.1 Å². The fourth-order valence-electron chi connectivity index (χ4n) is 2.63. The highest BCUT2D eigenvalue weighted by Gasteiger charge is 2.48. The molecule has 5 heteroatoms. The van der Waals surface area contributed by atoms with Gasteiger partial charge in [0.1, 0.15) is 17.4 Å². The first kappa shape index (κ1) is 18.3. The summed E-state index contributed by atoms with van der Waals surface area (Å²) in [6.45, 7) is 8.90. The Balaban J connectivity index is 2.13. The predicted molar refractivity (Wildman–Crippen MR) is 92.9 cm³/mol. The molecule has 1 aromatic rings. The number of ether oxygens (including phenoxy) is 2. The minimum absolute atomic E-state index is 0.195. The standard InChI is InChI=1S/C19H26N2O3/c1-5-24-19(4,15-6-7-15)18(22)21-17-9-8-16(10-14(17)11-20)23-12-13(2)3/h8-10,13,15H,5-7,12H2,1-4H3,(H,21,22)/t19-/m0/s1. The average Bonchev–Trinajstić information content (AvgIpc) is 3.39. The lowest BCUT2D eigenvalue weighted by Crippen LogP contribution is -2.45. The molecule has 1 aromatic carbocycles. The summed E-state index contributed by atoms with van der Waals surface area (Å²) in [5.41, 5.74) is 0.0408. The van der Waals surface area contributed by atoms with Crippen molar-refractivity contribution in [2.75, 3.05) is 18.5 Å². The molecule has 1 saturated carbocycles. The van der Waals surface area contributed by atoms with Crippen molar-refractivity contribution in [1.82, 2.24) is 0 Å². The molecule has 0 unspecified atom stereocenters. The maximum Gasteiger partial charge on any atom is 0.256 e. The van der Waals surface area contributed by atoms with E-state index in [0.29, 0.717) is 36.1 Å². The highest BCUT2D eigenvalue weighted by Crippen LogP contribution is 2.42. The number of carbonyl (C=O) groups excluding carboxylic acids is 1. The Morgan fingerprint density at radius 3 is 2.71 bits per heavy atom. The molecule has 0 aliphatic heterocycles. The van der Waals surface area contributed by atoms with Crippen molar-refractivity contribution >= 4 is 11.6 Å². The molecule has 130 valence electrons. The smallest absolute Gasteiger partial charge is 0.256 e. The van der Waals surface area contributed by atoms with Gasteiger partial charge in [0.25, 0.3) is 5.91 Å². The first-order valence-corrected chi connectivity index (χ1v) is 8.53. The van der Waals surface area contributed by atoms with Crippen molar-refractivity contribution < 1.29 is 14.3 Å². The molecule has 0 bridgehead atoms. The number of nitriles is 1. The molecule has 1 aliphatic carbocycles. The number of nitrogens with zero attached hydrogens (tertiary/aromatic N) is 1. The normalized spacial score (nSPS) is 16.3. The highest BCUT2D eigenvalue weighted by atomic mass is 16.5. The monoisotopic (exact) mass is 330 g/mol. The summed E-state index contributed by atoms with van der Waals surface area (Å²) in [4.78, 5) is 12.7. The van der Waals surface area contributed by atoms with Gasteiger partial charge in [-0.25, -0.2) is 0 Å². The summed E-state index contributed by atoms with van der Waals surface area (Å²) >= 11 is 0. The van der Waals surface area contributed by atoms with Crippen molar-refractivity contribution in [3.63, 3.8) is 0 Å². The van der Waals surface area contributed by atoms with Crippen LogP contribution in [0.5, 0.6) is 5.75 Å². The second kappa shape index (κ2) is 7.67. The molecule has 1 fully saturated rings. The zero-order valence-electron chi connectivity index (χ0n) is 14.9. The number of amides is 1. The van der Waals surface area contributed by atoms with Crippen LogP contribution in [0.4, 0.5) is 5.69 Å². The summed E-state index contributed by atoms with van der Waals surface area (Å²) in [5, 5.41) is 12.2. The van der Waals surface area contributed by atoms with Crippen LogP contribution >= 0.6 is 0 Å². The van der Waals surface area contributed by atoms with Crippen LogP contribution in [0.25, 0.3) is 0 Å². The fraction of sp³-hybridized carbons (Fsp3) is 0.579. The van der Waals surface area contributed by atoms with Gasteiger partial charge in [-0.05, 0) is 56.7 Å². The van der Waals surface area contributed by atoms with Gasteiger partial charge in [-0.1, -0.05) is 13.8 Å². The molecule has 5 nitrogen and oxygen atoms in total. The van der Waals surface area contributed by atoms with Gasteiger partial charge in [0, 0.05) is 6.61 Å². The van der Waals surface area contributed by atoms with E-state index >= 15 is 0 Å². The molecule has 0 aromatic heterocycles. The van der Waals surface area contributed by atoms with Crippen molar-refractivity contribution in [3.8, 4) is 11.8 Å². The highest BCUT2D eigenvalue weighted by molar-refractivity contribution is 5.98. The minimum atomic E-state index is -0.839. The predicted octanol–water partition coefficient (Wildman–Crippen LogP) is 3.74. The summed E-state index contributed by atoms with van der Waals surface area (Å²) in [7, 11) is 0. The number of carbonyl (C=O) groups is 1. The van der Waals surface area contributed by atoms with Crippen LogP contribution in [0.15, 0.2) is 18.2 Å². The van der Waals surface area contributed by atoms with E-state index in [1.54, 1.807) is 18.2 Å². The SMILES string of the molecule is CCO[C@](C)(C(=O)Nc1ccc(OCC(C)C)cc1C#N)C1CC1. The van der Waals surface area contributed by atoms with E-state index in [9.17, 15) is 10.1 Å². The van der Waals surface area contributed by atoms with E-state index in [1.807, 2.05) is 13.8 Å². The Kier molecular flexibility index (Phi) is 5.84. The van der Waals surface area contributed by atoms with Crippen molar-refractivity contribution in [3.05, 3.63) is 23.8 Å². The zero-order chi connectivity index (χ0) is 17.7. The molecule has 0 spiro atoms. The molecule has 1 amide bonds. The van der Waals surface area contributed by atoms with Crippen LogP contribution in [-0.4, -0.2) is 24.7 Å². The number of hydrogen-bond donors (Lipinski definition) is 1. The van der Waals surface area contributed by atoms with Gasteiger partial charge in [0.2, 0.25) is 0 Å². The van der Waals surface area contributed by atoms with Crippen LogP contribution in [0, 0.1) is 23.2 Å². The summed E-state index contributed by atoms with van der Waals surface area (Å²) in [6.07, 6.45) is 1.99. The van der Waals surface area contributed by atoms with Gasteiger partial charge in [-0.15, -0.1) is 0 Å². The van der Waals surface area contributed by atoms with Crippen molar-refractivity contribution in [2.24, 2.45) is 11.8 Å². The van der Waals surface area contributed by atoms with Crippen molar-refractivity contribution in [2.45, 2.75) is 46.1 Å². The van der Waals surface area contributed by atoms with Gasteiger partial charge < -0.3 is 14.8 Å². The Labute approximate surface area is 144 Å². The fourth-order valence-corrected chi connectivity index (χ4v) is 2.63. The Morgan fingerprint density at radius 1 is 1.46 bits per heavy atom. The largest absolute Gasteiger partial charge is 0.493 e. The van der Waals surface area contributed by atoms with Gasteiger partial charge in [0.05, 0.1) is 17.9 Å².